The lowest BCUT2D eigenvalue weighted by Crippen LogP contribution is -2.34. The highest BCUT2D eigenvalue weighted by atomic mass is 32.2. The van der Waals surface area contributed by atoms with E-state index in [-0.39, 0.29) is 5.37 Å². The highest BCUT2D eigenvalue weighted by molar-refractivity contribution is 8.00. The van der Waals surface area contributed by atoms with E-state index < -0.39 is 6.17 Å². The summed E-state index contributed by atoms with van der Waals surface area (Å²) in [4.78, 5) is 5.83. The van der Waals surface area contributed by atoms with Crippen LogP contribution in [-0.4, -0.2) is 35.4 Å². The van der Waals surface area contributed by atoms with E-state index in [2.05, 4.69) is 19.4 Å². The van der Waals surface area contributed by atoms with Crippen molar-refractivity contribution in [1.29, 1.82) is 0 Å². The van der Waals surface area contributed by atoms with Crippen molar-refractivity contribution in [2.45, 2.75) is 29.5 Å². The van der Waals surface area contributed by atoms with Gasteiger partial charge >= 0.3 is 0 Å². The molecule has 0 amide bonds. The Bertz CT molecular complexity index is 358. The van der Waals surface area contributed by atoms with Gasteiger partial charge in [0.1, 0.15) is 31.0 Å². The molecular weight excluding hydrogens is 224 g/mol. The Hall–Kier alpha value is -0.905. The summed E-state index contributed by atoms with van der Waals surface area (Å²) in [6.07, 6.45) is 4.24. The molecule has 0 radical (unpaired) electrons. The molecule has 0 aromatic heterocycles. The van der Waals surface area contributed by atoms with Crippen LogP contribution >= 0.6 is 11.8 Å². The number of nitrogens with two attached hydrogens (primary N) is 1. The molecule has 0 aliphatic carbocycles. The van der Waals surface area contributed by atoms with E-state index in [1.54, 1.807) is 28.9 Å². The molecule has 16 heavy (non-hydrogen) atoms. The number of halogens is 1. The largest absolute Gasteiger partial charge is 0.384 e. The highest BCUT2D eigenvalue weighted by Crippen LogP contribution is 2.41. The van der Waals surface area contributed by atoms with Crippen LogP contribution in [0.25, 0.3) is 0 Å². The minimum atomic E-state index is -0.828. The lowest BCUT2D eigenvalue weighted by atomic mass is 9.98. The number of hydrogen-bond acceptors (Lipinski definition) is 4. The van der Waals surface area contributed by atoms with E-state index in [1.165, 1.54) is 0 Å². The van der Waals surface area contributed by atoms with Crippen molar-refractivity contribution in [3.05, 3.63) is 24.7 Å². The molecule has 1 fully saturated rings. The minimum absolute atomic E-state index is 0.203. The van der Waals surface area contributed by atoms with Crippen LogP contribution in [0.15, 0.2) is 29.7 Å². The van der Waals surface area contributed by atoms with Crippen LogP contribution < -0.4 is 5.73 Å². The quantitative estimate of drug-likeness (QED) is 0.727. The first-order chi connectivity index (χ1) is 7.61. The van der Waals surface area contributed by atoms with Crippen molar-refractivity contribution in [3.63, 3.8) is 0 Å². The molecule has 0 saturated carbocycles. The molecule has 2 N–H and O–H groups in total. The average molecular weight is 239 g/mol. The number of amidine groups is 1. The first kappa shape index (κ1) is 11.6. The fraction of sp³-hybridized carbons (Fsp3) is 0.500. The summed E-state index contributed by atoms with van der Waals surface area (Å²) in [5.74, 6) is 0.948. The monoisotopic (exact) mass is 239 g/mol. The normalized spacial score (nSPS) is 34.3. The predicted octanol–water partition coefficient (Wildman–Crippen LogP) is 0.865. The highest BCUT2D eigenvalue weighted by Gasteiger charge is 2.38. The molecule has 3 unspecified atom stereocenters. The standard InChI is InChI=1S/C10H15BFN3S/c1-6-14-9(13)2-3-15(6)10-8(12)4-7(5-11)16-10/h2-3,7-8,10H,1,4-5,11H2,(H2,13,14). The van der Waals surface area contributed by atoms with Gasteiger partial charge in [0.25, 0.3) is 0 Å². The summed E-state index contributed by atoms with van der Waals surface area (Å²) in [6.45, 7) is 3.80. The first-order valence-corrected chi connectivity index (χ1v) is 6.35. The van der Waals surface area contributed by atoms with Crippen LogP contribution in [0.3, 0.4) is 0 Å². The maximum Gasteiger partial charge on any atom is 0.131 e. The Kier molecular flexibility index (Phi) is 3.28. The molecule has 0 spiro atoms. The van der Waals surface area contributed by atoms with Crippen molar-refractivity contribution in [2.75, 3.05) is 0 Å². The van der Waals surface area contributed by atoms with Crippen molar-refractivity contribution < 1.29 is 4.39 Å². The molecule has 2 aliphatic rings. The Morgan fingerprint density at radius 2 is 2.50 bits per heavy atom. The third-order valence-corrected chi connectivity index (χ3v) is 4.53. The molecule has 1 saturated heterocycles. The molecule has 2 heterocycles. The van der Waals surface area contributed by atoms with Crippen molar-refractivity contribution >= 4 is 25.4 Å². The Labute approximate surface area is 100 Å². The van der Waals surface area contributed by atoms with Crippen LogP contribution in [-0.2, 0) is 0 Å². The predicted molar refractivity (Wildman–Crippen MR) is 69.8 cm³/mol. The summed E-state index contributed by atoms with van der Waals surface area (Å²) < 4.78 is 13.9. The fourth-order valence-electron chi connectivity index (χ4n) is 1.93. The van der Waals surface area contributed by atoms with E-state index in [4.69, 9.17) is 5.73 Å². The van der Waals surface area contributed by atoms with Gasteiger partial charge in [0.05, 0.1) is 0 Å². The summed E-state index contributed by atoms with van der Waals surface area (Å²) in [5, 5.41) is 0.190. The van der Waals surface area contributed by atoms with Gasteiger partial charge in [-0.25, -0.2) is 9.38 Å². The van der Waals surface area contributed by atoms with E-state index in [1.807, 2.05) is 0 Å². The number of alkyl halides is 1. The Balaban J connectivity index is 2.09. The minimum Gasteiger partial charge on any atom is -0.384 e. The van der Waals surface area contributed by atoms with Crippen LogP contribution in [0.4, 0.5) is 4.39 Å². The van der Waals surface area contributed by atoms with Crippen LogP contribution in [0.1, 0.15) is 6.42 Å². The lowest BCUT2D eigenvalue weighted by Gasteiger charge is -2.29. The van der Waals surface area contributed by atoms with E-state index in [0.717, 1.165) is 6.32 Å². The van der Waals surface area contributed by atoms with Crippen LogP contribution in [0.5, 0.6) is 0 Å². The summed E-state index contributed by atoms with van der Waals surface area (Å²) in [7, 11) is 2.09. The van der Waals surface area contributed by atoms with Gasteiger partial charge in [-0.2, -0.15) is 0 Å². The molecule has 0 bridgehead atoms. The van der Waals surface area contributed by atoms with Crippen molar-refractivity contribution in [3.8, 4) is 0 Å². The molecule has 3 nitrogen and oxygen atoms in total. The molecular formula is C10H15BFN3S. The SMILES string of the molecule is BCC1CC(F)C(N2C=CC(N)=NC2=C)S1. The zero-order valence-corrected chi connectivity index (χ0v) is 10.1. The van der Waals surface area contributed by atoms with E-state index in [0.29, 0.717) is 23.3 Å². The van der Waals surface area contributed by atoms with E-state index >= 15 is 0 Å². The van der Waals surface area contributed by atoms with Gasteiger partial charge in [0.15, 0.2) is 0 Å². The van der Waals surface area contributed by atoms with Gasteiger partial charge in [-0.1, -0.05) is 12.9 Å². The summed E-state index contributed by atoms with van der Waals surface area (Å²) in [5.41, 5.74) is 5.55. The second kappa shape index (κ2) is 4.53. The van der Waals surface area contributed by atoms with Gasteiger partial charge < -0.3 is 10.6 Å². The summed E-state index contributed by atoms with van der Waals surface area (Å²) >= 11 is 1.66. The van der Waals surface area contributed by atoms with Crippen LogP contribution in [0.2, 0.25) is 6.32 Å². The molecule has 0 aromatic rings. The Morgan fingerprint density at radius 3 is 3.06 bits per heavy atom. The van der Waals surface area contributed by atoms with Crippen molar-refractivity contribution in [2.24, 2.45) is 10.7 Å². The van der Waals surface area contributed by atoms with E-state index in [9.17, 15) is 4.39 Å². The average Bonchev–Trinajstić information content (AvgIpc) is 2.60. The zero-order valence-electron chi connectivity index (χ0n) is 9.27. The third-order valence-electron chi connectivity index (χ3n) is 2.82. The lowest BCUT2D eigenvalue weighted by molar-refractivity contribution is 0.244. The maximum absolute atomic E-state index is 13.9. The molecule has 6 heteroatoms. The van der Waals surface area contributed by atoms with Crippen LogP contribution in [0, 0.1) is 0 Å². The molecule has 86 valence electrons. The third kappa shape index (κ3) is 2.12. The molecule has 2 aliphatic heterocycles. The number of nitrogens with zero attached hydrogens (tertiary/aromatic N) is 2. The fourth-order valence-corrected chi connectivity index (χ4v) is 3.41. The number of rotatable bonds is 2. The number of hydrogen-bond donors (Lipinski definition) is 1. The molecule has 2 rings (SSSR count). The Morgan fingerprint density at radius 1 is 1.75 bits per heavy atom. The second-order valence-corrected chi connectivity index (χ2v) is 5.41. The summed E-state index contributed by atoms with van der Waals surface area (Å²) in [6, 6.07) is 0. The van der Waals surface area contributed by atoms with Gasteiger partial charge in [-0.05, 0) is 12.5 Å². The first-order valence-electron chi connectivity index (χ1n) is 5.41. The maximum atomic E-state index is 13.9. The second-order valence-electron chi connectivity index (χ2n) is 3.98. The van der Waals surface area contributed by atoms with Crippen molar-refractivity contribution in [1.82, 2.24) is 4.90 Å². The number of aliphatic imine (C=N–C) groups is 1. The smallest absolute Gasteiger partial charge is 0.131 e. The van der Waals surface area contributed by atoms with Gasteiger partial charge in [0.2, 0.25) is 0 Å². The molecule has 0 aromatic carbocycles. The van der Waals surface area contributed by atoms with Gasteiger partial charge in [0, 0.05) is 11.4 Å². The molecule has 3 atom stereocenters. The number of thioether (sulfide) groups is 1. The zero-order chi connectivity index (χ0) is 11.7. The van der Waals surface area contributed by atoms with Gasteiger partial charge in [-0.3, -0.25) is 0 Å². The van der Waals surface area contributed by atoms with Gasteiger partial charge in [-0.15, -0.1) is 11.8 Å². The topological polar surface area (TPSA) is 41.6 Å².